The molecule has 1 unspecified atom stereocenters. The summed E-state index contributed by atoms with van der Waals surface area (Å²) in [7, 11) is 3.50. The molecule has 1 fully saturated rings. The summed E-state index contributed by atoms with van der Waals surface area (Å²) >= 11 is 0. The number of hydrogen-bond donors (Lipinski definition) is 1. The Bertz CT molecular complexity index is 901. The Labute approximate surface area is 174 Å². The zero-order chi connectivity index (χ0) is 21.9. The van der Waals surface area contributed by atoms with E-state index >= 15 is 0 Å². The van der Waals surface area contributed by atoms with Crippen LogP contribution in [0, 0.1) is 19.8 Å². The smallest absolute Gasteiger partial charge is 0.381 e. The maximum absolute atomic E-state index is 13.8. The number of halogens is 3. The normalized spacial score (nSPS) is 17.4. The van der Waals surface area contributed by atoms with Gasteiger partial charge in [0, 0.05) is 45.4 Å². The summed E-state index contributed by atoms with van der Waals surface area (Å²) in [4.78, 5) is 6.14. The lowest BCUT2D eigenvalue weighted by atomic mass is 10.1. The van der Waals surface area contributed by atoms with Crippen molar-refractivity contribution in [2.75, 3.05) is 33.9 Å². The van der Waals surface area contributed by atoms with Crippen LogP contribution in [-0.2, 0) is 17.5 Å². The molecule has 1 N–H and O–H groups in total. The van der Waals surface area contributed by atoms with Gasteiger partial charge in [0.2, 0.25) is 0 Å². The van der Waals surface area contributed by atoms with Crippen molar-refractivity contribution in [2.24, 2.45) is 10.9 Å². The number of aromatic nitrogens is 2. The van der Waals surface area contributed by atoms with Crippen molar-refractivity contribution in [3.05, 3.63) is 46.8 Å². The van der Waals surface area contributed by atoms with Crippen molar-refractivity contribution >= 4 is 5.96 Å². The number of alkyl halides is 3. The van der Waals surface area contributed by atoms with Crippen LogP contribution in [-0.4, -0.2) is 54.5 Å². The minimum atomic E-state index is -4.47. The largest absolute Gasteiger partial charge is 0.416 e. The summed E-state index contributed by atoms with van der Waals surface area (Å²) in [6.07, 6.45) is -3.49. The standard InChI is InChI=1S/C21H28F3N5O/c1-14-9-15(2)29(27-14)18-6-5-17(19(10-18)21(22,23)24)11-26-20(25-3)28(4)12-16-7-8-30-13-16/h5-6,9-10,16H,7-8,11-13H2,1-4H3,(H,25,26). The van der Waals surface area contributed by atoms with E-state index in [2.05, 4.69) is 15.4 Å². The number of hydrogen-bond acceptors (Lipinski definition) is 3. The van der Waals surface area contributed by atoms with Crippen LogP contribution in [0.3, 0.4) is 0 Å². The average Bonchev–Trinajstić information content (AvgIpc) is 3.30. The van der Waals surface area contributed by atoms with E-state index in [1.165, 1.54) is 10.7 Å². The topological polar surface area (TPSA) is 54.7 Å². The number of aliphatic imine (C=N–C) groups is 1. The Morgan fingerprint density at radius 3 is 2.67 bits per heavy atom. The maximum atomic E-state index is 13.8. The molecule has 1 saturated heterocycles. The van der Waals surface area contributed by atoms with Crippen LogP contribution in [0.25, 0.3) is 5.69 Å². The van der Waals surface area contributed by atoms with Gasteiger partial charge in [0.25, 0.3) is 0 Å². The molecule has 2 aromatic rings. The fourth-order valence-electron chi connectivity index (χ4n) is 3.76. The molecule has 0 spiro atoms. The number of guanidine groups is 1. The zero-order valence-corrected chi connectivity index (χ0v) is 17.8. The van der Waals surface area contributed by atoms with E-state index < -0.39 is 11.7 Å². The fraction of sp³-hybridized carbons (Fsp3) is 0.524. The van der Waals surface area contributed by atoms with Crippen LogP contribution in [0.1, 0.15) is 28.9 Å². The first-order valence-corrected chi connectivity index (χ1v) is 9.92. The Kier molecular flexibility index (Phi) is 6.70. The van der Waals surface area contributed by atoms with Gasteiger partial charge in [-0.05, 0) is 44.0 Å². The van der Waals surface area contributed by atoms with E-state index in [9.17, 15) is 13.2 Å². The number of ether oxygens (including phenoxy) is 1. The van der Waals surface area contributed by atoms with E-state index in [1.807, 2.05) is 31.9 Å². The van der Waals surface area contributed by atoms with Gasteiger partial charge >= 0.3 is 6.18 Å². The molecule has 0 saturated carbocycles. The van der Waals surface area contributed by atoms with Crippen molar-refractivity contribution in [3.63, 3.8) is 0 Å². The molecule has 0 aliphatic carbocycles. The third kappa shape index (κ3) is 5.13. The highest BCUT2D eigenvalue weighted by molar-refractivity contribution is 5.79. The van der Waals surface area contributed by atoms with Crippen LogP contribution in [0.2, 0.25) is 0 Å². The van der Waals surface area contributed by atoms with E-state index in [0.717, 1.165) is 37.0 Å². The summed E-state index contributed by atoms with van der Waals surface area (Å²) in [6, 6.07) is 6.14. The highest BCUT2D eigenvalue weighted by atomic mass is 19.4. The molecule has 164 valence electrons. The van der Waals surface area contributed by atoms with Crippen molar-refractivity contribution in [1.29, 1.82) is 0 Å². The van der Waals surface area contributed by atoms with Gasteiger partial charge in [-0.25, -0.2) is 4.68 Å². The van der Waals surface area contributed by atoms with Gasteiger partial charge in [0.1, 0.15) is 0 Å². The van der Waals surface area contributed by atoms with E-state index in [4.69, 9.17) is 4.74 Å². The third-order valence-electron chi connectivity index (χ3n) is 5.22. The van der Waals surface area contributed by atoms with Gasteiger partial charge in [0.05, 0.1) is 23.6 Å². The molecular weight excluding hydrogens is 395 g/mol. The van der Waals surface area contributed by atoms with Gasteiger partial charge in [0.15, 0.2) is 5.96 Å². The lowest BCUT2D eigenvalue weighted by Gasteiger charge is -2.25. The molecule has 0 bridgehead atoms. The van der Waals surface area contributed by atoms with Gasteiger partial charge in [-0.3, -0.25) is 4.99 Å². The van der Waals surface area contributed by atoms with E-state index in [0.29, 0.717) is 24.2 Å². The third-order valence-corrected chi connectivity index (χ3v) is 5.22. The Balaban J connectivity index is 1.78. The summed E-state index contributed by atoms with van der Waals surface area (Å²) in [5, 5.41) is 7.35. The summed E-state index contributed by atoms with van der Waals surface area (Å²) in [5.41, 5.74) is 1.41. The first kappa shape index (κ1) is 22.1. The van der Waals surface area contributed by atoms with Crippen molar-refractivity contribution < 1.29 is 17.9 Å². The molecule has 1 aliphatic heterocycles. The molecule has 1 aromatic heterocycles. The second-order valence-corrected chi connectivity index (χ2v) is 7.69. The number of rotatable bonds is 5. The molecule has 6 nitrogen and oxygen atoms in total. The highest BCUT2D eigenvalue weighted by Crippen LogP contribution is 2.33. The predicted octanol–water partition coefficient (Wildman–Crippen LogP) is 3.55. The van der Waals surface area contributed by atoms with E-state index in [1.54, 1.807) is 13.1 Å². The Morgan fingerprint density at radius 1 is 1.33 bits per heavy atom. The van der Waals surface area contributed by atoms with Gasteiger partial charge in [-0.1, -0.05) is 6.07 Å². The lowest BCUT2D eigenvalue weighted by Crippen LogP contribution is -2.41. The number of nitrogens with zero attached hydrogens (tertiary/aromatic N) is 4. The highest BCUT2D eigenvalue weighted by Gasteiger charge is 2.34. The van der Waals surface area contributed by atoms with Gasteiger partial charge < -0.3 is 15.0 Å². The molecule has 9 heteroatoms. The maximum Gasteiger partial charge on any atom is 0.416 e. The molecular formula is C21H28F3N5O. The lowest BCUT2D eigenvalue weighted by molar-refractivity contribution is -0.138. The van der Waals surface area contributed by atoms with Crippen LogP contribution in [0.4, 0.5) is 13.2 Å². The minimum absolute atomic E-state index is 0.0183. The van der Waals surface area contributed by atoms with Crippen LogP contribution >= 0.6 is 0 Å². The molecule has 3 rings (SSSR count). The molecule has 1 aromatic carbocycles. The SMILES string of the molecule is CN=C(NCc1ccc(-n2nc(C)cc2C)cc1C(F)(F)F)N(C)CC1CCOC1. The fourth-order valence-corrected chi connectivity index (χ4v) is 3.76. The molecule has 30 heavy (non-hydrogen) atoms. The monoisotopic (exact) mass is 423 g/mol. The van der Waals surface area contributed by atoms with Crippen molar-refractivity contribution in [2.45, 2.75) is 33.0 Å². The second-order valence-electron chi connectivity index (χ2n) is 7.69. The minimum Gasteiger partial charge on any atom is -0.381 e. The molecule has 0 amide bonds. The zero-order valence-electron chi connectivity index (χ0n) is 17.8. The number of nitrogens with one attached hydrogen (secondary N) is 1. The Hall–Kier alpha value is -2.55. The van der Waals surface area contributed by atoms with Gasteiger partial charge in [-0.2, -0.15) is 18.3 Å². The Morgan fingerprint density at radius 2 is 2.10 bits per heavy atom. The number of aryl methyl sites for hydroxylation is 2. The summed E-state index contributed by atoms with van der Waals surface area (Å²) < 4.78 is 48.2. The summed E-state index contributed by atoms with van der Waals surface area (Å²) in [5.74, 6) is 0.956. The molecule has 1 aliphatic rings. The number of benzene rings is 1. The molecule has 2 heterocycles. The quantitative estimate of drug-likeness (QED) is 0.590. The first-order valence-electron chi connectivity index (χ1n) is 9.92. The van der Waals surface area contributed by atoms with Crippen LogP contribution in [0.5, 0.6) is 0 Å². The van der Waals surface area contributed by atoms with Crippen molar-refractivity contribution in [3.8, 4) is 5.69 Å². The summed E-state index contributed by atoms with van der Waals surface area (Å²) in [6.45, 7) is 5.84. The average molecular weight is 423 g/mol. The second kappa shape index (κ2) is 9.07. The van der Waals surface area contributed by atoms with E-state index in [-0.39, 0.29) is 12.1 Å². The molecule has 1 atom stereocenters. The van der Waals surface area contributed by atoms with Gasteiger partial charge in [-0.15, -0.1) is 0 Å². The van der Waals surface area contributed by atoms with Crippen molar-refractivity contribution in [1.82, 2.24) is 20.0 Å². The predicted molar refractivity (Wildman–Crippen MR) is 110 cm³/mol. The first-order chi connectivity index (χ1) is 14.2. The molecule has 0 radical (unpaired) electrons. The van der Waals surface area contributed by atoms with Crippen LogP contribution in [0.15, 0.2) is 29.3 Å². The van der Waals surface area contributed by atoms with Crippen LogP contribution < -0.4 is 5.32 Å².